The van der Waals surface area contributed by atoms with E-state index in [-0.39, 0.29) is 12.1 Å². The Labute approximate surface area is 145 Å². The number of anilines is 1. The molecule has 132 valence electrons. The van der Waals surface area contributed by atoms with Crippen molar-refractivity contribution in [2.45, 2.75) is 51.7 Å². The number of carbonyl (C=O) groups excluding carboxylic acids is 1. The van der Waals surface area contributed by atoms with Gasteiger partial charge in [-0.05, 0) is 38.8 Å². The van der Waals surface area contributed by atoms with Crippen molar-refractivity contribution in [3.63, 3.8) is 0 Å². The van der Waals surface area contributed by atoms with Crippen molar-refractivity contribution in [1.82, 2.24) is 10.2 Å². The molecule has 24 heavy (non-hydrogen) atoms. The van der Waals surface area contributed by atoms with Gasteiger partial charge in [0.25, 0.3) is 0 Å². The molecular weight excluding hydrogens is 302 g/mol. The summed E-state index contributed by atoms with van der Waals surface area (Å²) in [5, 5.41) is 3.18. The van der Waals surface area contributed by atoms with Crippen LogP contribution < -0.4 is 15.0 Å². The summed E-state index contributed by atoms with van der Waals surface area (Å²) < 4.78 is 5.93. The van der Waals surface area contributed by atoms with E-state index in [0.29, 0.717) is 6.04 Å². The van der Waals surface area contributed by atoms with Gasteiger partial charge in [0.1, 0.15) is 5.75 Å². The number of piperazine rings is 1. The minimum Gasteiger partial charge on any atom is -0.489 e. The van der Waals surface area contributed by atoms with Crippen LogP contribution in [0.25, 0.3) is 0 Å². The van der Waals surface area contributed by atoms with Gasteiger partial charge in [-0.1, -0.05) is 25.0 Å². The van der Waals surface area contributed by atoms with E-state index in [1.165, 1.54) is 12.8 Å². The molecule has 1 heterocycles. The number of carbonyl (C=O) groups is 1. The summed E-state index contributed by atoms with van der Waals surface area (Å²) in [7, 11) is 0. The first-order chi connectivity index (χ1) is 11.6. The molecule has 1 saturated heterocycles. The van der Waals surface area contributed by atoms with Crippen LogP contribution in [0.3, 0.4) is 0 Å². The fourth-order valence-corrected chi connectivity index (χ4v) is 3.56. The number of hydrogen-bond donors (Lipinski definition) is 1. The average Bonchev–Trinajstić information content (AvgIpc) is 3.08. The molecule has 2 amide bonds. The van der Waals surface area contributed by atoms with Crippen LogP contribution in [-0.4, -0.2) is 49.3 Å². The summed E-state index contributed by atoms with van der Waals surface area (Å²) >= 11 is 0. The minimum absolute atomic E-state index is 0.105. The van der Waals surface area contributed by atoms with Gasteiger partial charge in [-0.15, -0.1) is 0 Å². The van der Waals surface area contributed by atoms with Crippen LogP contribution in [-0.2, 0) is 0 Å². The molecule has 1 aliphatic heterocycles. The number of nitrogens with zero attached hydrogens (tertiary/aromatic N) is 2. The molecule has 2 aliphatic rings. The van der Waals surface area contributed by atoms with Crippen molar-refractivity contribution in [3.05, 3.63) is 24.3 Å². The highest BCUT2D eigenvalue weighted by Crippen LogP contribution is 2.29. The largest absolute Gasteiger partial charge is 0.489 e. The number of nitrogens with one attached hydrogen (secondary N) is 1. The van der Waals surface area contributed by atoms with Gasteiger partial charge in [0.05, 0.1) is 11.8 Å². The molecule has 3 rings (SSSR count). The van der Waals surface area contributed by atoms with Gasteiger partial charge >= 0.3 is 6.03 Å². The van der Waals surface area contributed by atoms with E-state index in [1.807, 2.05) is 36.9 Å². The topological polar surface area (TPSA) is 44.8 Å². The lowest BCUT2D eigenvalue weighted by atomic mass is 10.2. The average molecular weight is 331 g/mol. The first-order valence-corrected chi connectivity index (χ1v) is 9.19. The number of benzene rings is 1. The number of rotatable bonds is 4. The summed E-state index contributed by atoms with van der Waals surface area (Å²) in [6.07, 6.45) is 4.90. The molecule has 1 aromatic rings. The molecule has 5 nitrogen and oxygen atoms in total. The first kappa shape index (κ1) is 16.9. The summed E-state index contributed by atoms with van der Waals surface area (Å²) in [6.45, 7) is 7.29. The number of ether oxygens (including phenoxy) is 1. The van der Waals surface area contributed by atoms with E-state index in [1.54, 1.807) is 0 Å². The third kappa shape index (κ3) is 4.13. The third-order valence-corrected chi connectivity index (χ3v) is 4.82. The van der Waals surface area contributed by atoms with Crippen molar-refractivity contribution in [2.24, 2.45) is 0 Å². The Bertz CT molecular complexity index is 547. The molecule has 2 fully saturated rings. The van der Waals surface area contributed by atoms with Gasteiger partial charge in [0.15, 0.2) is 0 Å². The molecule has 0 unspecified atom stereocenters. The SMILES string of the molecule is CC(C)Oc1ccccc1N1CCN(C(=O)NC2CCCC2)CC1. The van der Waals surface area contributed by atoms with Crippen LogP contribution in [0, 0.1) is 0 Å². The van der Waals surface area contributed by atoms with Crippen molar-refractivity contribution < 1.29 is 9.53 Å². The molecule has 0 bridgehead atoms. The van der Waals surface area contributed by atoms with Crippen LogP contribution >= 0.6 is 0 Å². The van der Waals surface area contributed by atoms with Crippen LogP contribution in [0.4, 0.5) is 10.5 Å². The maximum Gasteiger partial charge on any atom is 0.317 e. The summed E-state index contributed by atoms with van der Waals surface area (Å²) in [5.41, 5.74) is 1.13. The Morgan fingerprint density at radius 1 is 1.12 bits per heavy atom. The second-order valence-corrected chi connectivity index (χ2v) is 7.04. The highest BCUT2D eigenvalue weighted by molar-refractivity contribution is 5.75. The molecule has 0 atom stereocenters. The summed E-state index contributed by atoms with van der Waals surface area (Å²) in [4.78, 5) is 16.6. The van der Waals surface area contributed by atoms with Gasteiger partial charge < -0.3 is 19.9 Å². The lowest BCUT2D eigenvalue weighted by molar-refractivity contribution is 0.190. The lowest BCUT2D eigenvalue weighted by Crippen LogP contribution is -2.53. The third-order valence-electron chi connectivity index (χ3n) is 4.82. The predicted molar refractivity (Wildman–Crippen MR) is 96.8 cm³/mol. The maximum atomic E-state index is 12.4. The zero-order chi connectivity index (χ0) is 16.9. The molecule has 0 aromatic heterocycles. The Morgan fingerprint density at radius 3 is 2.46 bits per heavy atom. The zero-order valence-corrected chi connectivity index (χ0v) is 14.8. The highest BCUT2D eigenvalue weighted by atomic mass is 16.5. The van der Waals surface area contributed by atoms with E-state index in [9.17, 15) is 4.79 Å². The van der Waals surface area contributed by atoms with E-state index in [2.05, 4.69) is 16.3 Å². The quantitative estimate of drug-likeness (QED) is 0.921. The van der Waals surface area contributed by atoms with Crippen LogP contribution in [0.5, 0.6) is 5.75 Å². The maximum absolute atomic E-state index is 12.4. The van der Waals surface area contributed by atoms with Crippen LogP contribution in [0.15, 0.2) is 24.3 Å². The van der Waals surface area contributed by atoms with Gasteiger partial charge in [0, 0.05) is 32.2 Å². The van der Waals surface area contributed by atoms with Crippen molar-refractivity contribution in [1.29, 1.82) is 0 Å². The first-order valence-electron chi connectivity index (χ1n) is 9.19. The van der Waals surface area contributed by atoms with Crippen LogP contribution in [0.1, 0.15) is 39.5 Å². The zero-order valence-electron chi connectivity index (χ0n) is 14.8. The molecule has 5 heteroatoms. The van der Waals surface area contributed by atoms with E-state index in [0.717, 1.165) is 50.5 Å². The fourth-order valence-electron chi connectivity index (χ4n) is 3.56. The minimum atomic E-state index is 0.105. The van der Waals surface area contributed by atoms with Gasteiger partial charge in [-0.2, -0.15) is 0 Å². The van der Waals surface area contributed by atoms with Crippen molar-refractivity contribution in [2.75, 3.05) is 31.1 Å². The normalized spacial score (nSPS) is 19.0. The fraction of sp³-hybridized carbons (Fsp3) is 0.632. The molecule has 0 spiro atoms. The second-order valence-electron chi connectivity index (χ2n) is 7.04. The molecular formula is C19H29N3O2. The monoisotopic (exact) mass is 331 g/mol. The molecule has 1 N–H and O–H groups in total. The van der Waals surface area contributed by atoms with Gasteiger partial charge in [-0.25, -0.2) is 4.79 Å². The summed E-state index contributed by atoms with van der Waals surface area (Å²) in [5.74, 6) is 0.927. The molecule has 0 radical (unpaired) electrons. The smallest absolute Gasteiger partial charge is 0.317 e. The van der Waals surface area contributed by atoms with E-state index < -0.39 is 0 Å². The molecule has 1 aromatic carbocycles. The predicted octanol–water partition coefficient (Wildman–Crippen LogP) is 3.25. The Morgan fingerprint density at radius 2 is 1.79 bits per heavy atom. The Kier molecular flexibility index (Phi) is 5.48. The van der Waals surface area contributed by atoms with E-state index in [4.69, 9.17) is 4.74 Å². The van der Waals surface area contributed by atoms with Crippen molar-refractivity contribution in [3.8, 4) is 5.75 Å². The number of urea groups is 1. The van der Waals surface area contributed by atoms with Gasteiger partial charge in [0.2, 0.25) is 0 Å². The van der Waals surface area contributed by atoms with E-state index >= 15 is 0 Å². The van der Waals surface area contributed by atoms with Crippen LogP contribution in [0.2, 0.25) is 0 Å². The van der Waals surface area contributed by atoms with Crippen molar-refractivity contribution >= 4 is 11.7 Å². The number of para-hydroxylation sites is 2. The van der Waals surface area contributed by atoms with Gasteiger partial charge in [-0.3, -0.25) is 0 Å². The Balaban J connectivity index is 1.56. The number of amides is 2. The highest BCUT2D eigenvalue weighted by Gasteiger charge is 2.25. The number of hydrogen-bond acceptors (Lipinski definition) is 3. The molecule has 1 saturated carbocycles. The Hall–Kier alpha value is -1.91. The molecule has 1 aliphatic carbocycles. The summed E-state index contributed by atoms with van der Waals surface area (Å²) in [6, 6.07) is 8.67. The standard InChI is InChI=1S/C19H29N3O2/c1-15(2)24-18-10-6-5-9-17(18)21-11-13-22(14-12-21)19(23)20-16-7-3-4-8-16/h5-6,9-10,15-16H,3-4,7-8,11-14H2,1-2H3,(H,20,23). The second kappa shape index (κ2) is 7.77. The lowest BCUT2D eigenvalue weighted by Gasteiger charge is -2.37.